The van der Waals surface area contributed by atoms with E-state index in [1.165, 1.54) is 12.5 Å². The molecule has 0 spiro atoms. The third-order valence-electron chi connectivity index (χ3n) is 4.80. The number of fused-ring (bicyclic) bond motifs is 1. The minimum atomic E-state index is -0.280. The van der Waals surface area contributed by atoms with E-state index < -0.39 is 0 Å². The van der Waals surface area contributed by atoms with Crippen molar-refractivity contribution >= 4 is 22.6 Å². The molecule has 1 fully saturated rings. The van der Waals surface area contributed by atoms with E-state index in [4.69, 9.17) is 11.6 Å². The van der Waals surface area contributed by atoms with Crippen LogP contribution in [0.3, 0.4) is 0 Å². The highest BCUT2D eigenvalue weighted by Gasteiger charge is 2.40. The normalized spacial score (nSPS) is 19.0. The first-order chi connectivity index (χ1) is 9.94. The van der Waals surface area contributed by atoms with Crippen LogP contribution >= 0.6 is 11.6 Å². The molecule has 1 atom stereocenters. The van der Waals surface area contributed by atoms with E-state index in [1.54, 1.807) is 6.07 Å². The maximum Gasteiger partial charge on any atom is 0.151 e. The summed E-state index contributed by atoms with van der Waals surface area (Å²) < 4.78 is 16.1. The lowest BCUT2D eigenvalue weighted by Crippen LogP contribution is -2.53. The quantitative estimate of drug-likeness (QED) is 0.797. The molecule has 114 valence electrons. The third kappa shape index (κ3) is 2.34. The van der Waals surface area contributed by atoms with Gasteiger partial charge in [-0.15, -0.1) is 11.6 Å². The Balaban J connectivity index is 2.12. The van der Waals surface area contributed by atoms with E-state index in [0.717, 1.165) is 30.7 Å². The summed E-state index contributed by atoms with van der Waals surface area (Å²) in [6.45, 7) is 2.70. The monoisotopic (exact) mass is 309 g/mol. The van der Waals surface area contributed by atoms with Crippen LogP contribution in [0.1, 0.15) is 37.4 Å². The Morgan fingerprint density at radius 1 is 1.43 bits per heavy atom. The van der Waals surface area contributed by atoms with Crippen LogP contribution in [0, 0.1) is 5.82 Å². The van der Waals surface area contributed by atoms with Gasteiger partial charge in [0.25, 0.3) is 0 Å². The molecule has 1 saturated carbocycles. The number of hydrogen-bond acceptors (Lipinski definition) is 2. The van der Waals surface area contributed by atoms with Gasteiger partial charge in [0.05, 0.1) is 10.9 Å². The molecular weight excluding hydrogens is 289 g/mol. The lowest BCUT2D eigenvalue weighted by Gasteiger charge is -2.48. The van der Waals surface area contributed by atoms with Crippen molar-refractivity contribution in [3.8, 4) is 0 Å². The van der Waals surface area contributed by atoms with Crippen molar-refractivity contribution in [3.05, 3.63) is 29.8 Å². The molecule has 1 aromatic carbocycles. The summed E-state index contributed by atoms with van der Waals surface area (Å²) in [5, 5.41) is -0.240. The van der Waals surface area contributed by atoms with Gasteiger partial charge >= 0.3 is 0 Å². The lowest BCUT2D eigenvalue weighted by atomic mass is 9.75. The number of halogens is 2. The minimum Gasteiger partial charge on any atom is -0.325 e. The van der Waals surface area contributed by atoms with Gasteiger partial charge in [-0.3, -0.25) is 0 Å². The number of imidazole rings is 1. The molecule has 0 amide bonds. The summed E-state index contributed by atoms with van der Waals surface area (Å²) in [4.78, 5) is 6.73. The van der Waals surface area contributed by atoms with Crippen LogP contribution in [0.2, 0.25) is 0 Å². The number of benzene rings is 1. The van der Waals surface area contributed by atoms with Gasteiger partial charge in [0, 0.05) is 12.1 Å². The van der Waals surface area contributed by atoms with E-state index in [2.05, 4.69) is 28.5 Å². The number of alkyl halides is 1. The SMILES string of the molecule is CC(Cl)c1nc2c(F)cccc2n1CC1(N(C)C)CCC1. The maximum atomic E-state index is 14.0. The van der Waals surface area contributed by atoms with Crippen LogP contribution in [0.5, 0.6) is 0 Å². The maximum absolute atomic E-state index is 14.0. The summed E-state index contributed by atoms with van der Waals surface area (Å²) in [5.74, 6) is 0.474. The Morgan fingerprint density at radius 3 is 2.67 bits per heavy atom. The van der Waals surface area contributed by atoms with Gasteiger partial charge < -0.3 is 9.47 Å². The second-order valence-corrected chi connectivity index (χ2v) is 6.91. The van der Waals surface area contributed by atoms with Gasteiger partial charge in [0.15, 0.2) is 5.82 Å². The fraction of sp³-hybridized carbons (Fsp3) is 0.562. The largest absolute Gasteiger partial charge is 0.325 e. The van der Waals surface area contributed by atoms with Gasteiger partial charge in [-0.2, -0.15) is 0 Å². The van der Waals surface area contributed by atoms with Crippen LogP contribution in [0.4, 0.5) is 4.39 Å². The van der Waals surface area contributed by atoms with E-state index >= 15 is 0 Å². The first kappa shape index (κ1) is 14.8. The fourth-order valence-corrected chi connectivity index (χ4v) is 3.39. The van der Waals surface area contributed by atoms with Crippen molar-refractivity contribution in [2.75, 3.05) is 14.1 Å². The Hall–Kier alpha value is -1.13. The summed E-state index contributed by atoms with van der Waals surface area (Å²) in [6.07, 6.45) is 3.56. The fourth-order valence-electron chi connectivity index (χ4n) is 3.23. The Kier molecular flexibility index (Phi) is 3.70. The molecule has 0 bridgehead atoms. The predicted octanol–water partition coefficient (Wildman–Crippen LogP) is 3.96. The van der Waals surface area contributed by atoms with Crippen molar-refractivity contribution in [1.29, 1.82) is 0 Å². The molecule has 1 aliphatic rings. The van der Waals surface area contributed by atoms with Crippen LogP contribution in [0.15, 0.2) is 18.2 Å². The molecule has 1 aliphatic carbocycles. The summed E-state index contributed by atoms with van der Waals surface area (Å²) in [6, 6.07) is 5.12. The summed E-state index contributed by atoms with van der Waals surface area (Å²) in [5.41, 5.74) is 1.40. The van der Waals surface area contributed by atoms with Crippen LogP contribution in [0.25, 0.3) is 11.0 Å². The zero-order valence-corrected chi connectivity index (χ0v) is 13.5. The molecule has 0 saturated heterocycles. The van der Waals surface area contributed by atoms with Crippen molar-refractivity contribution < 1.29 is 4.39 Å². The standard InChI is InChI=1S/C16H21ClFN3/c1-11(17)15-19-14-12(18)6-4-7-13(14)21(15)10-16(20(2)3)8-5-9-16/h4,6-7,11H,5,8-10H2,1-3H3. The van der Waals surface area contributed by atoms with Crippen LogP contribution in [-0.4, -0.2) is 34.1 Å². The number of rotatable bonds is 4. The smallest absolute Gasteiger partial charge is 0.151 e. The predicted molar refractivity (Wildman–Crippen MR) is 84.2 cm³/mol. The van der Waals surface area contributed by atoms with Gasteiger partial charge in [-0.05, 0) is 52.4 Å². The second kappa shape index (κ2) is 5.25. The Labute approximate surface area is 129 Å². The first-order valence-corrected chi connectivity index (χ1v) is 7.84. The average Bonchev–Trinajstić information content (AvgIpc) is 2.73. The first-order valence-electron chi connectivity index (χ1n) is 7.41. The molecule has 5 heteroatoms. The van der Waals surface area contributed by atoms with E-state index in [0.29, 0.717) is 5.52 Å². The second-order valence-electron chi connectivity index (χ2n) is 6.25. The number of aromatic nitrogens is 2. The van der Waals surface area contributed by atoms with Gasteiger partial charge in [0.1, 0.15) is 11.3 Å². The zero-order valence-electron chi connectivity index (χ0n) is 12.7. The van der Waals surface area contributed by atoms with E-state index in [9.17, 15) is 4.39 Å². The van der Waals surface area contributed by atoms with E-state index in [1.807, 2.05) is 13.0 Å². The highest BCUT2D eigenvalue weighted by Crippen LogP contribution is 2.39. The molecule has 1 aromatic heterocycles. The minimum absolute atomic E-state index is 0.139. The van der Waals surface area contributed by atoms with Crippen LogP contribution < -0.4 is 0 Å². The highest BCUT2D eigenvalue weighted by molar-refractivity contribution is 6.20. The third-order valence-corrected chi connectivity index (χ3v) is 5.00. The number of hydrogen-bond donors (Lipinski definition) is 0. The van der Waals surface area contributed by atoms with Gasteiger partial charge in [-0.1, -0.05) is 6.07 Å². The van der Waals surface area contributed by atoms with Gasteiger partial charge in [-0.25, -0.2) is 9.37 Å². The molecule has 0 aliphatic heterocycles. The Bertz CT molecular complexity index is 659. The molecule has 1 heterocycles. The molecule has 0 radical (unpaired) electrons. The molecule has 1 unspecified atom stereocenters. The van der Waals surface area contributed by atoms with Crippen molar-refractivity contribution in [2.45, 2.75) is 43.6 Å². The molecule has 2 aromatic rings. The molecule has 21 heavy (non-hydrogen) atoms. The van der Waals surface area contributed by atoms with E-state index in [-0.39, 0.29) is 16.7 Å². The van der Waals surface area contributed by atoms with Crippen molar-refractivity contribution in [1.82, 2.24) is 14.5 Å². The Morgan fingerprint density at radius 2 is 2.14 bits per heavy atom. The number of nitrogens with zero attached hydrogens (tertiary/aromatic N) is 3. The topological polar surface area (TPSA) is 21.1 Å². The zero-order chi connectivity index (χ0) is 15.2. The highest BCUT2D eigenvalue weighted by atomic mass is 35.5. The summed E-state index contributed by atoms with van der Waals surface area (Å²) >= 11 is 6.28. The molecule has 0 N–H and O–H groups in total. The molecule has 3 rings (SSSR count). The van der Waals surface area contributed by atoms with Crippen molar-refractivity contribution in [2.24, 2.45) is 0 Å². The summed E-state index contributed by atoms with van der Waals surface area (Å²) in [7, 11) is 4.23. The van der Waals surface area contributed by atoms with Crippen LogP contribution in [-0.2, 0) is 6.54 Å². The number of likely N-dealkylation sites (N-methyl/N-ethyl adjacent to an activating group) is 1. The molecule has 3 nitrogen and oxygen atoms in total. The number of para-hydroxylation sites is 1. The average molecular weight is 310 g/mol. The molecular formula is C16H21ClFN3. The van der Waals surface area contributed by atoms with Crippen molar-refractivity contribution in [3.63, 3.8) is 0 Å². The lowest BCUT2D eigenvalue weighted by molar-refractivity contribution is 0.0427. The van der Waals surface area contributed by atoms with Gasteiger partial charge in [0.2, 0.25) is 0 Å².